The highest BCUT2D eigenvalue weighted by Crippen LogP contribution is 2.14. The molecule has 0 bridgehead atoms. The van der Waals surface area contributed by atoms with E-state index >= 15 is 0 Å². The summed E-state index contributed by atoms with van der Waals surface area (Å²) in [5.74, 6) is 1.58. The van der Waals surface area contributed by atoms with Gasteiger partial charge >= 0.3 is 0 Å². The Morgan fingerprint density at radius 1 is 1.36 bits per heavy atom. The lowest BCUT2D eigenvalue weighted by atomic mass is 10.5. The maximum absolute atomic E-state index is 4.30. The van der Waals surface area contributed by atoms with E-state index in [1.165, 1.54) is 0 Å². The van der Waals surface area contributed by atoms with E-state index < -0.39 is 0 Å². The van der Waals surface area contributed by atoms with Crippen molar-refractivity contribution in [1.29, 1.82) is 0 Å². The van der Waals surface area contributed by atoms with Crippen molar-refractivity contribution < 1.29 is 0 Å². The third kappa shape index (κ3) is 1.77. The Kier molecular flexibility index (Phi) is 2.49. The van der Waals surface area contributed by atoms with Crippen LogP contribution in [-0.4, -0.2) is 26.0 Å². The average molecular weight is 206 g/mol. The Morgan fingerprint density at radius 2 is 2.21 bits per heavy atom. The van der Waals surface area contributed by atoms with Gasteiger partial charge < -0.3 is 0 Å². The van der Waals surface area contributed by atoms with Crippen molar-refractivity contribution in [2.24, 2.45) is 0 Å². The van der Waals surface area contributed by atoms with Gasteiger partial charge in [-0.15, -0.1) is 11.8 Å². The fourth-order valence-corrected chi connectivity index (χ4v) is 1.60. The number of rotatable bonds is 2. The molecule has 0 saturated carbocycles. The number of hydrogen-bond acceptors (Lipinski definition) is 4. The molecule has 0 amide bonds. The van der Waals surface area contributed by atoms with E-state index in [0.29, 0.717) is 0 Å². The Balaban J connectivity index is 2.48. The summed E-state index contributed by atoms with van der Waals surface area (Å²) in [4.78, 5) is 8.57. The first-order valence-electron chi connectivity index (χ1n) is 4.19. The number of aromatic nitrogens is 4. The summed E-state index contributed by atoms with van der Waals surface area (Å²) in [5, 5.41) is 5.08. The smallest absolute Gasteiger partial charge is 0.158 e. The van der Waals surface area contributed by atoms with Gasteiger partial charge in [0.1, 0.15) is 10.9 Å². The molecule has 2 aromatic rings. The fraction of sp³-hybridized carbons (Fsp3) is 0.222. The van der Waals surface area contributed by atoms with E-state index in [2.05, 4.69) is 15.1 Å². The van der Waals surface area contributed by atoms with E-state index in [1.807, 2.05) is 31.5 Å². The van der Waals surface area contributed by atoms with Gasteiger partial charge in [0.15, 0.2) is 5.82 Å². The molecule has 0 spiro atoms. The second kappa shape index (κ2) is 3.79. The van der Waals surface area contributed by atoms with Crippen molar-refractivity contribution in [2.75, 3.05) is 6.26 Å². The summed E-state index contributed by atoms with van der Waals surface area (Å²) in [6, 6.07) is 3.79. The van der Waals surface area contributed by atoms with E-state index in [9.17, 15) is 0 Å². The molecule has 0 N–H and O–H groups in total. The van der Waals surface area contributed by atoms with Crippen LogP contribution in [0.2, 0.25) is 0 Å². The zero-order chi connectivity index (χ0) is 9.97. The van der Waals surface area contributed by atoms with Crippen LogP contribution >= 0.6 is 11.8 Å². The molecule has 0 saturated heterocycles. The standard InChI is InChI=1S/C9H10N4S/c1-7-11-8(6-9(12-7)14-2)13-5-3-4-10-13/h3-6H,1-2H3. The van der Waals surface area contributed by atoms with Crippen LogP contribution in [-0.2, 0) is 0 Å². The molecule has 0 aliphatic rings. The van der Waals surface area contributed by atoms with Gasteiger partial charge in [-0.3, -0.25) is 0 Å². The molecule has 14 heavy (non-hydrogen) atoms. The van der Waals surface area contributed by atoms with Crippen LogP contribution in [0, 0.1) is 6.92 Å². The molecule has 2 rings (SSSR count). The maximum Gasteiger partial charge on any atom is 0.158 e. The van der Waals surface area contributed by atoms with Crippen LogP contribution in [0.5, 0.6) is 0 Å². The van der Waals surface area contributed by atoms with Crippen LogP contribution in [0.25, 0.3) is 5.82 Å². The number of hydrogen-bond donors (Lipinski definition) is 0. The summed E-state index contributed by atoms with van der Waals surface area (Å²) in [7, 11) is 0. The second-order valence-corrected chi connectivity index (χ2v) is 3.59. The molecule has 0 atom stereocenters. The molecule has 2 aromatic heterocycles. The van der Waals surface area contributed by atoms with Gasteiger partial charge in [0, 0.05) is 18.5 Å². The van der Waals surface area contributed by atoms with Gasteiger partial charge in [-0.05, 0) is 19.2 Å². The van der Waals surface area contributed by atoms with Crippen molar-refractivity contribution in [1.82, 2.24) is 19.7 Å². The zero-order valence-electron chi connectivity index (χ0n) is 8.01. The van der Waals surface area contributed by atoms with Crippen molar-refractivity contribution in [3.8, 4) is 5.82 Å². The SMILES string of the molecule is CSc1cc(-n2cccn2)nc(C)n1. The molecule has 0 unspecified atom stereocenters. The van der Waals surface area contributed by atoms with Crippen molar-refractivity contribution in [3.63, 3.8) is 0 Å². The van der Waals surface area contributed by atoms with Crippen LogP contribution < -0.4 is 0 Å². The average Bonchev–Trinajstić information content (AvgIpc) is 2.69. The van der Waals surface area contributed by atoms with Crippen LogP contribution in [0.15, 0.2) is 29.6 Å². The van der Waals surface area contributed by atoms with Crippen LogP contribution in [0.4, 0.5) is 0 Å². The monoisotopic (exact) mass is 206 g/mol. The first kappa shape index (κ1) is 9.21. The van der Waals surface area contributed by atoms with Crippen molar-refractivity contribution >= 4 is 11.8 Å². The fourth-order valence-electron chi connectivity index (χ4n) is 1.15. The second-order valence-electron chi connectivity index (χ2n) is 2.77. The largest absolute Gasteiger partial charge is 0.227 e. The van der Waals surface area contributed by atoms with Gasteiger partial charge in [0.2, 0.25) is 0 Å². The quantitative estimate of drug-likeness (QED) is 0.554. The normalized spacial score (nSPS) is 10.4. The third-order valence-corrected chi connectivity index (χ3v) is 2.38. The third-order valence-electron chi connectivity index (χ3n) is 1.75. The van der Waals surface area contributed by atoms with E-state index in [1.54, 1.807) is 22.6 Å². The Bertz CT molecular complexity index is 424. The Labute approximate surface area is 86.4 Å². The highest BCUT2D eigenvalue weighted by molar-refractivity contribution is 7.98. The minimum absolute atomic E-state index is 0.766. The zero-order valence-corrected chi connectivity index (χ0v) is 8.82. The molecular weight excluding hydrogens is 196 g/mol. The highest BCUT2D eigenvalue weighted by Gasteiger charge is 2.02. The molecule has 5 heteroatoms. The molecule has 2 heterocycles. The number of nitrogens with zero attached hydrogens (tertiary/aromatic N) is 4. The molecule has 72 valence electrons. The first-order chi connectivity index (χ1) is 6.79. The highest BCUT2D eigenvalue weighted by atomic mass is 32.2. The predicted octanol–water partition coefficient (Wildman–Crippen LogP) is 1.69. The van der Waals surface area contributed by atoms with E-state index in [-0.39, 0.29) is 0 Å². The minimum Gasteiger partial charge on any atom is -0.227 e. The summed E-state index contributed by atoms with van der Waals surface area (Å²) >= 11 is 1.60. The van der Waals surface area contributed by atoms with Crippen LogP contribution in [0.3, 0.4) is 0 Å². The van der Waals surface area contributed by atoms with Crippen LogP contribution in [0.1, 0.15) is 5.82 Å². The molecule has 0 radical (unpaired) electrons. The van der Waals surface area contributed by atoms with E-state index in [4.69, 9.17) is 0 Å². The number of thioether (sulfide) groups is 1. The molecule has 0 aromatic carbocycles. The van der Waals surface area contributed by atoms with Gasteiger partial charge in [-0.2, -0.15) is 5.10 Å². The Morgan fingerprint density at radius 3 is 2.86 bits per heavy atom. The molecular formula is C9H10N4S. The predicted molar refractivity (Wildman–Crippen MR) is 55.7 cm³/mol. The van der Waals surface area contributed by atoms with Gasteiger partial charge in [0.25, 0.3) is 0 Å². The molecule has 0 aliphatic heterocycles. The van der Waals surface area contributed by atoms with Crippen molar-refractivity contribution in [3.05, 3.63) is 30.4 Å². The topological polar surface area (TPSA) is 43.6 Å². The summed E-state index contributed by atoms with van der Waals surface area (Å²) in [5.41, 5.74) is 0. The summed E-state index contributed by atoms with van der Waals surface area (Å²) in [6.07, 6.45) is 5.59. The lowest BCUT2D eigenvalue weighted by molar-refractivity contribution is 0.812. The van der Waals surface area contributed by atoms with Crippen molar-refractivity contribution in [2.45, 2.75) is 11.9 Å². The van der Waals surface area contributed by atoms with Gasteiger partial charge in [-0.1, -0.05) is 0 Å². The number of aryl methyl sites for hydroxylation is 1. The van der Waals surface area contributed by atoms with E-state index in [0.717, 1.165) is 16.7 Å². The lowest BCUT2D eigenvalue weighted by Crippen LogP contribution is -2.01. The summed E-state index contributed by atoms with van der Waals surface area (Å²) < 4.78 is 1.73. The van der Waals surface area contributed by atoms with Gasteiger partial charge in [0.05, 0.1) is 0 Å². The first-order valence-corrected chi connectivity index (χ1v) is 5.42. The molecule has 4 nitrogen and oxygen atoms in total. The minimum atomic E-state index is 0.766. The maximum atomic E-state index is 4.30. The lowest BCUT2D eigenvalue weighted by Gasteiger charge is -2.03. The summed E-state index contributed by atoms with van der Waals surface area (Å²) in [6.45, 7) is 1.88. The van der Waals surface area contributed by atoms with Gasteiger partial charge in [-0.25, -0.2) is 14.6 Å². The Hall–Kier alpha value is -1.36. The molecule has 0 aliphatic carbocycles. The molecule has 0 fully saturated rings.